The number of nitrogens with one attached hydrogen (secondary N) is 1. The minimum atomic E-state index is -3.77. The van der Waals surface area contributed by atoms with Crippen LogP contribution in [0.3, 0.4) is 0 Å². The van der Waals surface area contributed by atoms with Crippen molar-refractivity contribution in [1.82, 2.24) is 14.3 Å². The fourth-order valence-corrected chi connectivity index (χ4v) is 3.19. The summed E-state index contributed by atoms with van der Waals surface area (Å²) in [5.41, 5.74) is -0.756. The van der Waals surface area contributed by atoms with E-state index in [2.05, 4.69) is 9.71 Å². The molecule has 1 aromatic heterocycles. The van der Waals surface area contributed by atoms with Gasteiger partial charge in [-0.3, -0.25) is 0 Å². The van der Waals surface area contributed by atoms with Gasteiger partial charge in [-0.1, -0.05) is 11.6 Å². The highest BCUT2D eigenvalue weighted by Gasteiger charge is 2.29. The van der Waals surface area contributed by atoms with Gasteiger partial charge >= 0.3 is 0 Å². The second-order valence-corrected chi connectivity index (χ2v) is 6.37. The van der Waals surface area contributed by atoms with E-state index in [0.717, 1.165) is 0 Å². The topological polar surface area (TPSA) is 84.2 Å². The highest BCUT2D eigenvalue weighted by molar-refractivity contribution is 7.89. The molecule has 0 aliphatic rings. The van der Waals surface area contributed by atoms with E-state index in [0.29, 0.717) is 6.42 Å². The summed E-state index contributed by atoms with van der Waals surface area (Å²) in [6.45, 7) is 3.25. The Morgan fingerprint density at radius 1 is 1.59 bits per heavy atom. The van der Waals surface area contributed by atoms with Gasteiger partial charge in [-0.25, -0.2) is 18.1 Å². The van der Waals surface area contributed by atoms with Crippen molar-refractivity contribution in [1.29, 1.82) is 0 Å². The molecular formula is C9H16ClN3O3S. The second kappa shape index (κ2) is 4.93. The van der Waals surface area contributed by atoms with Gasteiger partial charge in [0.05, 0.1) is 6.33 Å². The Bertz CT molecular complexity index is 496. The number of nitrogens with zero attached hydrogens (tertiary/aromatic N) is 2. The Kier molecular flexibility index (Phi) is 4.19. The van der Waals surface area contributed by atoms with Crippen molar-refractivity contribution in [3.63, 3.8) is 0 Å². The largest absolute Gasteiger partial charge is 0.396 e. The van der Waals surface area contributed by atoms with Crippen LogP contribution in [0.2, 0.25) is 5.15 Å². The van der Waals surface area contributed by atoms with Crippen LogP contribution >= 0.6 is 11.6 Å². The van der Waals surface area contributed by atoms with Gasteiger partial charge in [0.15, 0.2) is 0 Å². The van der Waals surface area contributed by atoms with Crippen LogP contribution in [0.4, 0.5) is 0 Å². The minimum Gasteiger partial charge on any atom is -0.396 e. The average Bonchev–Trinajstić information content (AvgIpc) is 2.45. The average molecular weight is 282 g/mol. The molecule has 0 aliphatic heterocycles. The van der Waals surface area contributed by atoms with E-state index in [1.165, 1.54) is 10.9 Å². The monoisotopic (exact) mass is 281 g/mol. The number of imidazole rings is 1. The lowest BCUT2D eigenvalue weighted by Crippen LogP contribution is -2.44. The predicted octanol–water partition coefficient (Wildman–Crippen LogP) is 0.513. The smallest absolute Gasteiger partial charge is 0.261 e. The number of aliphatic hydroxyl groups is 1. The standard InChI is InChI=1S/C9H16ClN3O3S/c1-9(2,4-5-14)12-17(15,16)8-7(10)13(3)6-11-8/h6,12,14H,4-5H2,1-3H3. The molecule has 0 bridgehead atoms. The highest BCUT2D eigenvalue weighted by Crippen LogP contribution is 2.21. The van der Waals surface area contributed by atoms with Crippen LogP contribution in [0.1, 0.15) is 20.3 Å². The zero-order valence-electron chi connectivity index (χ0n) is 9.94. The van der Waals surface area contributed by atoms with Gasteiger partial charge in [0.2, 0.25) is 5.03 Å². The van der Waals surface area contributed by atoms with Gasteiger partial charge < -0.3 is 9.67 Å². The summed E-state index contributed by atoms with van der Waals surface area (Å²) in [6, 6.07) is 0. The number of aryl methyl sites for hydroxylation is 1. The fourth-order valence-electron chi connectivity index (χ4n) is 1.32. The SMILES string of the molecule is Cn1cnc(S(=O)(=O)NC(C)(C)CCO)c1Cl. The van der Waals surface area contributed by atoms with Gasteiger partial charge in [0.25, 0.3) is 10.0 Å². The van der Waals surface area contributed by atoms with Crippen LogP contribution in [0.25, 0.3) is 0 Å². The Morgan fingerprint density at radius 3 is 2.59 bits per heavy atom. The fraction of sp³-hybridized carbons (Fsp3) is 0.667. The third kappa shape index (κ3) is 3.41. The zero-order chi connectivity index (χ0) is 13.3. The molecule has 0 fully saturated rings. The predicted molar refractivity (Wildman–Crippen MR) is 64.3 cm³/mol. The van der Waals surface area contributed by atoms with Gasteiger partial charge in [0, 0.05) is 19.2 Å². The molecule has 1 aromatic rings. The second-order valence-electron chi connectivity index (χ2n) is 4.41. The summed E-state index contributed by atoms with van der Waals surface area (Å²) in [7, 11) is -2.17. The van der Waals surface area contributed by atoms with Crippen LogP contribution in [-0.4, -0.2) is 35.2 Å². The van der Waals surface area contributed by atoms with Crippen molar-refractivity contribution in [2.75, 3.05) is 6.61 Å². The van der Waals surface area contributed by atoms with Crippen LogP contribution in [0.5, 0.6) is 0 Å². The van der Waals surface area contributed by atoms with Crippen molar-refractivity contribution in [2.24, 2.45) is 7.05 Å². The Hall–Kier alpha value is -0.630. The maximum atomic E-state index is 12.0. The third-order valence-corrected chi connectivity index (χ3v) is 4.42. The quantitative estimate of drug-likeness (QED) is 0.824. The molecule has 0 saturated carbocycles. The molecule has 1 heterocycles. The van der Waals surface area contributed by atoms with Gasteiger partial charge in [-0.05, 0) is 20.3 Å². The van der Waals surface area contributed by atoms with Gasteiger partial charge in [0.1, 0.15) is 5.15 Å². The number of aliphatic hydroxyl groups excluding tert-OH is 1. The summed E-state index contributed by atoms with van der Waals surface area (Å²) in [6.07, 6.45) is 1.63. The first-order chi connectivity index (χ1) is 7.69. The third-order valence-electron chi connectivity index (χ3n) is 2.24. The Balaban J connectivity index is 3.01. The summed E-state index contributed by atoms with van der Waals surface area (Å²) >= 11 is 5.83. The van der Waals surface area contributed by atoms with E-state index < -0.39 is 15.6 Å². The molecular weight excluding hydrogens is 266 g/mol. The van der Waals surface area contributed by atoms with Crippen molar-refractivity contribution in [3.05, 3.63) is 11.5 Å². The summed E-state index contributed by atoms with van der Waals surface area (Å²) < 4.78 is 27.9. The molecule has 0 spiro atoms. The van der Waals surface area contributed by atoms with E-state index in [1.54, 1.807) is 20.9 Å². The summed E-state index contributed by atoms with van der Waals surface area (Å²) in [5, 5.41) is 8.70. The lowest BCUT2D eigenvalue weighted by atomic mass is 10.0. The first-order valence-corrected chi connectivity index (χ1v) is 6.87. The van der Waals surface area contributed by atoms with Crippen molar-refractivity contribution in [2.45, 2.75) is 30.8 Å². The molecule has 1 rings (SSSR count). The maximum absolute atomic E-state index is 12.0. The molecule has 0 atom stereocenters. The number of hydrogen-bond donors (Lipinski definition) is 2. The Labute approximate surface area is 106 Å². The highest BCUT2D eigenvalue weighted by atomic mass is 35.5. The number of sulfonamides is 1. The molecule has 0 radical (unpaired) electrons. The van der Waals surface area contributed by atoms with E-state index >= 15 is 0 Å². The first kappa shape index (κ1) is 14.4. The van der Waals surface area contributed by atoms with E-state index in [4.69, 9.17) is 16.7 Å². The lowest BCUT2D eigenvalue weighted by Gasteiger charge is -2.24. The van der Waals surface area contributed by atoms with Gasteiger partial charge in [-0.2, -0.15) is 0 Å². The maximum Gasteiger partial charge on any atom is 0.261 e. The van der Waals surface area contributed by atoms with Crippen LogP contribution in [0, 0.1) is 0 Å². The van der Waals surface area contributed by atoms with E-state index in [-0.39, 0.29) is 16.8 Å². The molecule has 8 heteroatoms. The van der Waals surface area contributed by atoms with Crippen LogP contribution in [0.15, 0.2) is 11.4 Å². The van der Waals surface area contributed by atoms with E-state index in [1.807, 2.05) is 0 Å². The molecule has 98 valence electrons. The number of aromatic nitrogens is 2. The summed E-state index contributed by atoms with van der Waals surface area (Å²) in [4.78, 5) is 3.75. The van der Waals surface area contributed by atoms with Crippen molar-refractivity contribution < 1.29 is 13.5 Å². The Morgan fingerprint density at radius 2 is 2.18 bits per heavy atom. The normalized spacial score (nSPS) is 13.0. The summed E-state index contributed by atoms with van der Waals surface area (Å²) in [5.74, 6) is 0. The van der Waals surface area contributed by atoms with Crippen LogP contribution in [-0.2, 0) is 17.1 Å². The number of halogens is 1. The zero-order valence-corrected chi connectivity index (χ0v) is 11.5. The first-order valence-electron chi connectivity index (χ1n) is 5.01. The molecule has 2 N–H and O–H groups in total. The van der Waals surface area contributed by atoms with Crippen LogP contribution < -0.4 is 4.72 Å². The molecule has 0 aliphatic carbocycles. The molecule has 6 nitrogen and oxygen atoms in total. The molecule has 0 amide bonds. The molecule has 0 aromatic carbocycles. The number of rotatable bonds is 5. The van der Waals surface area contributed by atoms with E-state index in [9.17, 15) is 8.42 Å². The molecule has 17 heavy (non-hydrogen) atoms. The van der Waals surface area contributed by atoms with Gasteiger partial charge in [-0.15, -0.1) is 0 Å². The lowest BCUT2D eigenvalue weighted by molar-refractivity contribution is 0.245. The number of hydrogen-bond acceptors (Lipinski definition) is 4. The molecule has 0 unspecified atom stereocenters. The van der Waals surface area contributed by atoms with Crippen molar-refractivity contribution >= 4 is 21.6 Å². The molecule has 0 saturated heterocycles. The minimum absolute atomic E-state index is 0.0531. The van der Waals surface area contributed by atoms with Crippen molar-refractivity contribution in [3.8, 4) is 0 Å².